The first-order valence-corrected chi connectivity index (χ1v) is 6.19. The predicted molar refractivity (Wildman–Crippen MR) is 72.3 cm³/mol. The molecule has 0 N–H and O–H groups in total. The number of oxazole rings is 1. The Hall–Kier alpha value is -2.20. The maximum atomic E-state index is 13.3. The topological polar surface area (TPSA) is 26.0 Å². The van der Waals surface area contributed by atoms with E-state index in [2.05, 4.69) is 4.98 Å². The molecule has 0 saturated carbocycles. The van der Waals surface area contributed by atoms with Crippen LogP contribution < -0.4 is 0 Å². The van der Waals surface area contributed by atoms with E-state index in [4.69, 9.17) is 16.0 Å². The van der Waals surface area contributed by atoms with E-state index in [9.17, 15) is 8.78 Å². The molecular formula is C15H8ClF2NO. The molecular weight excluding hydrogens is 284 g/mol. The van der Waals surface area contributed by atoms with Gasteiger partial charge in [-0.05, 0) is 35.9 Å². The lowest BCUT2D eigenvalue weighted by atomic mass is 10.1. The van der Waals surface area contributed by atoms with Crippen molar-refractivity contribution in [1.29, 1.82) is 0 Å². The second-order valence-electron chi connectivity index (χ2n) is 4.17. The van der Waals surface area contributed by atoms with Crippen LogP contribution in [0, 0.1) is 11.6 Å². The Morgan fingerprint density at radius 3 is 2.15 bits per heavy atom. The third-order valence-electron chi connectivity index (χ3n) is 2.79. The molecule has 3 rings (SSSR count). The summed E-state index contributed by atoms with van der Waals surface area (Å²) >= 11 is 5.78. The molecule has 0 fully saturated rings. The van der Waals surface area contributed by atoms with Crippen molar-refractivity contribution in [2.75, 3.05) is 0 Å². The zero-order valence-electron chi connectivity index (χ0n) is 10.1. The fourth-order valence-corrected chi connectivity index (χ4v) is 2.11. The van der Waals surface area contributed by atoms with Crippen molar-refractivity contribution in [1.82, 2.24) is 4.98 Å². The quantitative estimate of drug-likeness (QED) is 0.668. The second-order valence-corrected chi connectivity index (χ2v) is 4.49. The highest BCUT2D eigenvalue weighted by molar-refractivity contribution is 6.28. The first-order valence-electron chi connectivity index (χ1n) is 5.82. The summed E-state index contributed by atoms with van der Waals surface area (Å²) in [5.74, 6) is -0.493. The van der Waals surface area contributed by atoms with Crippen LogP contribution in [0.4, 0.5) is 8.78 Å². The number of hydrogen-bond acceptors (Lipinski definition) is 2. The fraction of sp³-hybridized carbons (Fsp3) is 0. The molecule has 0 spiro atoms. The molecule has 100 valence electrons. The Labute approximate surface area is 118 Å². The van der Waals surface area contributed by atoms with Gasteiger partial charge in [-0.2, -0.15) is 4.98 Å². The van der Waals surface area contributed by atoms with E-state index >= 15 is 0 Å². The normalized spacial score (nSPS) is 10.8. The summed E-state index contributed by atoms with van der Waals surface area (Å²) in [4.78, 5) is 4.04. The second kappa shape index (κ2) is 5.06. The van der Waals surface area contributed by atoms with Gasteiger partial charge >= 0.3 is 0 Å². The number of rotatable bonds is 2. The highest BCUT2D eigenvalue weighted by Crippen LogP contribution is 2.34. The minimum absolute atomic E-state index is 0.0801. The molecule has 0 amide bonds. The molecule has 0 atom stereocenters. The summed E-state index contributed by atoms with van der Waals surface area (Å²) in [6, 6.07) is 11.7. The Balaban J connectivity index is 2.18. The largest absolute Gasteiger partial charge is 0.427 e. The SMILES string of the molecule is Fc1cccc(-c2nc(Cl)oc2-c2cccc(F)c2)c1. The van der Waals surface area contributed by atoms with Crippen LogP contribution in [0.15, 0.2) is 52.9 Å². The van der Waals surface area contributed by atoms with Crippen molar-refractivity contribution in [3.05, 3.63) is 65.5 Å². The van der Waals surface area contributed by atoms with E-state index in [-0.39, 0.29) is 5.35 Å². The van der Waals surface area contributed by atoms with Gasteiger partial charge in [-0.15, -0.1) is 0 Å². The van der Waals surface area contributed by atoms with E-state index in [1.54, 1.807) is 24.3 Å². The van der Waals surface area contributed by atoms with Crippen molar-refractivity contribution in [2.45, 2.75) is 0 Å². The van der Waals surface area contributed by atoms with E-state index in [0.29, 0.717) is 22.6 Å². The van der Waals surface area contributed by atoms with Crippen LogP contribution in [0.5, 0.6) is 0 Å². The Morgan fingerprint density at radius 2 is 1.50 bits per heavy atom. The summed E-state index contributed by atoms with van der Waals surface area (Å²) < 4.78 is 31.9. The lowest BCUT2D eigenvalue weighted by molar-refractivity contribution is 0.572. The van der Waals surface area contributed by atoms with Gasteiger partial charge in [0.1, 0.15) is 17.3 Å². The maximum absolute atomic E-state index is 13.3. The summed E-state index contributed by atoms with van der Waals surface area (Å²) in [6.07, 6.45) is 0. The summed E-state index contributed by atoms with van der Waals surface area (Å²) in [6.45, 7) is 0. The summed E-state index contributed by atoms with van der Waals surface area (Å²) in [5.41, 5.74) is 1.38. The third-order valence-corrected chi connectivity index (χ3v) is 2.95. The molecule has 0 saturated heterocycles. The third kappa shape index (κ3) is 2.42. The van der Waals surface area contributed by atoms with Crippen LogP contribution >= 0.6 is 11.6 Å². The van der Waals surface area contributed by atoms with Crippen LogP contribution in [0.1, 0.15) is 0 Å². The van der Waals surface area contributed by atoms with Gasteiger partial charge in [0, 0.05) is 11.1 Å². The van der Waals surface area contributed by atoms with Crippen LogP contribution in [-0.2, 0) is 0 Å². The van der Waals surface area contributed by atoms with Crippen LogP contribution in [-0.4, -0.2) is 4.98 Å². The number of nitrogens with zero attached hydrogens (tertiary/aromatic N) is 1. The Kier molecular flexibility index (Phi) is 3.24. The molecule has 1 aromatic heterocycles. The minimum atomic E-state index is -0.403. The zero-order valence-corrected chi connectivity index (χ0v) is 10.9. The molecule has 3 aromatic rings. The van der Waals surface area contributed by atoms with E-state index in [1.807, 2.05) is 0 Å². The van der Waals surface area contributed by atoms with E-state index in [1.165, 1.54) is 24.3 Å². The molecule has 5 heteroatoms. The van der Waals surface area contributed by atoms with Crippen LogP contribution in [0.25, 0.3) is 22.6 Å². The summed E-state index contributed by atoms with van der Waals surface area (Å²) in [7, 11) is 0. The number of halogens is 3. The lowest BCUT2D eigenvalue weighted by Crippen LogP contribution is -1.85. The van der Waals surface area contributed by atoms with Gasteiger partial charge in [0.15, 0.2) is 5.76 Å². The Bertz CT molecular complexity index is 707. The average Bonchev–Trinajstić information content (AvgIpc) is 2.81. The predicted octanol–water partition coefficient (Wildman–Crippen LogP) is 4.94. The molecule has 0 aliphatic heterocycles. The van der Waals surface area contributed by atoms with E-state index in [0.717, 1.165) is 0 Å². The van der Waals surface area contributed by atoms with Crippen molar-refractivity contribution in [2.24, 2.45) is 0 Å². The highest BCUT2D eigenvalue weighted by Gasteiger charge is 2.16. The molecule has 1 heterocycles. The van der Waals surface area contributed by atoms with Gasteiger partial charge in [0.05, 0.1) is 0 Å². The first kappa shape index (κ1) is 12.8. The van der Waals surface area contributed by atoms with Gasteiger partial charge < -0.3 is 4.42 Å². The van der Waals surface area contributed by atoms with Gasteiger partial charge in [0.25, 0.3) is 5.35 Å². The number of aromatic nitrogens is 1. The first-order chi connectivity index (χ1) is 9.63. The summed E-state index contributed by atoms with van der Waals surface area (Å²) in [5, 5.41) is -0.0801. The van der Waals surface area contributed by atoms with Crippen molar-refractivity contribution in [3.8, 4) is 22.6 Å². The van der Waals surface area contributed by atoms with Gasteiger partial charge in [-0.1, -0.05) is 24.3 Å². The molecule has 0 aliphatic rings. The number of hydrogen-bond donors (Lipinski definition) is 0. The molecule has 20 heavy (non-hydrogen) atoms. The van der Waals surface area contributed by atoms with Crippen LogP contribution in [0.2, 0.25) is 5.35 Å². The standard InChI is InChI=1S/C15H8ClF2NO/c16-15-19-13(9-3-1-5-11(17)7-9)14(20-15)10-4-2-6-12(18)8-10/h1-8H. The minimum Gasteiger partial charge on any atom is -0.427 e. The van der Waals surface area contributed by atoms with Crippen LogP contribution in [0.3, 0.4) is 0 Å². The molecule has 0 aliphatic carbocycles. The smallest absolute Gasteiger partial charge is 0.293 e. The van der Waals surface area contributed by atoms with Crippen molar-refractivity contribution in [3.63, 3.8) is 0 Å². The fourth-order valence-electron chi connectivity index (χ4n) is 1.95. The molecule has 0 radical (unpaired) electrons. The highest BCUT2D eigenvalue weighted by atomic mass is 35.5. The van der Waals surface area contributed by atoms with Gasteiger partial charge in [-0.25, -0.2) is 8.78 Å². The van der Waals surface area contributed by atoms with Crippen molar-refractivity contribution < 1.29 is 13.2 Å². The Morgan fingerprint density at radius 1 is 0.900 bits per heavy atom. The molecule has 2 nitrogen and oxygen atoms in total. The van der Waals surface area contributed by atoms with Gasteiger partial charge in [-0.3, -0.25) is 0 Å². The molecule has 2 aromatic carbocycles. The monoisotopic (exact) mass is 291 g/mol. The zero-order chi connectivity index (χ0) is 14.1. The van der Waals surface area contributed by atoms with Crippen molar-refractivity contribution >= 4 is 11.6 Å². The lowest BCUT2D eigenvalue weighted by Gasteiger charge is -2.02. The number of benzene rings is 2. The average molecular weight is 292 g/mol. The maximum Gasteiger partial charge on any atom is 0.293 e. The molecule has 0 unspecified atom stereocenters. The van der Waals surface area contributed by atoms with E-state index < -0.39 is 11.6 Å². The molecule has 0 bridgehead atoms. The van der Waals surface area contributed by atoms with Gasteiger partial charge in [0.2, 0.25) is 0 Å².